The van der Waals surface area contributed by atoms with Crippen molar-refractivity contribution in [2.45, 2.75) is 44.7 Å². The Balaban J connectivity index is 1.85. The van der Waals surface area contributed by atoms with E-state index in [0.717, 1.165) is 11.6 Å². The fraction of sp³-hybridized carbons (Fsp3) is 0.625. The summed E-state index contributed by atoms with van der Waals surface area (Å²) in [6.07, 6.45) is 5.27. The zero-order chi connectivity index (χ0) is 13.7. The van der Waals surface area contributed by atoms with E-state index in [9.17, 15) is 0 Å². The van der Waals surface area contributed by atoms with Crippen molar-refractivity contribution in [1.29, 1.82) is 0 Å². The van der Waals surface area contributed by atoms with Gasteiger partial charge in [-0.3, -0.25) is 4.90 Å². The van der Waals surface area contributed by atoms with Crippen molar-refractivity contribution in [2.24, 2.45) is 0 Å². The normalized spacial score (nSPS) is 21.6. The summed E-state index contributed by atoms with van der Waals surface area (Å²) < 4.78 is 0. The van der Waals surface area contributed by atoms with E-state index in [1.54, 1.807) is 0 Å². The third-order valence-corrected chi connectivity index (χ3v) is 4.60. The van der Waals surface area contributed by atoms with Crippen LogP contribution in [-0.2, 0) is 0 Å². The van der Waals surface area contributed by atoms with Crippen LogP contribution in [0.4, 0.5) is 0 Å². The minimum atomic E-state index is 0.372. The number of halogens is 1. The highest BCUT2D eigenvalue weighted by atomic mass is 35.5. The van der Waals surface area contributed by atoms with Crippen molar-refractivity contribution in [3.05, 3.63) is 34.9 Å². The van der Waals surface area contributed by atoms with Gasteiger partial charge < -0.3 is 5.32 Å². The third kappa shape index (κ3) is 4.20. The molecule has 1 heterocycles. The molecule has 0 aliphatic carbocycles. The maximum atomic E-state index is 6.27. The third-order valence-electron chi connectivity index (χ3n) is 4.26. The Bertz CT molecular complexity index is 388. The van der Waals surface area contributed by atoms with Gasteiger partial charge in [-0.1, -0.05) is 36.2 Å². The van der Waals surface area contributed by atoms with Crippen LogP contribution in [-0.4, -0.2) is 31.1 Å². The fourth-order valence-electron chi connectivity index (χ4n) is 2.77. The molecule has 2 atom stereocenters. The van der Waals surface area contributed by atoms with E-state index < -0.39 is 0 Å². The molecule has 1 aliphatic heterocycles. The van der Waals surface area contributed by atoms with E-state index in [1.807, 2.05) is 12.1 Å². The number of nitrogens with one attached hydrogen (secondary N) is 1. The lowest BCUT2D eigenvalue weighted by Crippen LogP contribution is -2.37. The summed E-state index contributed by atoms with van der Waals surface area (Å²) in [5.74, 6) is 0. The Hall–Kier alpha value is -0.570. The number of hydrogen-bond donors (Lipinski definition) is 1. The van der Waals surface area contributed by atoms with Crippen LogP contribution in [0.5, 0.6) is 0 Å². The van der Waals surface area contributed by atoms with E-state index in [2.05, 4.69) is 36.3 Å². The molecule has 1 saturated heterocycles. The second kappa shape index (κ2) is 7.28. The van der Waals surface area contributed by atoms with Crippen molar-refractivity contribution in [2.75, 3.05) is 20.1 Å². The molecule has 2 unspecified atom stereocenters. The molecule has 3 heteroatoms. The summed E-state index contributed by atoms with van der Waals surface area (Å²) in [7, 11) is 2.19. The first kappa shape index (κ1) is 14.8. The van der Waals surface area contributed by atoms with Crippen molar-refractivity contribution in [3.63, 3.8) is 0 Å². The van der Waals surface area contributed by atoms with Crippen LogP contribution in [0, 0.1) is 0 Å². The van der Waals surface area contributed by atoms with Gasteiger partial charge in [0.1, 0.15) is 0 Å². The van der Waals surface area contributed by atoms with Gasteiger partial charge in [-0.2, -0.15) is 0 Å². The number of hydrogen-bond acceptors (Lipinski definition) is 2. The zero-order valence-corrected chi connectivity index (χ0v) is 12.8. The summed E-state index contributed by atoms with van der Waals surface area (Å²) >= 11 is 6.27. The summed E-state index contributed by atoms with van der Waals surface area (Å²) in [6, 6.07) is 9.23. The van der Waals surface area contributed by atoms with E-state index >= 15 is 0 Å². The highest BCUT2D eigenvalue weighted by molar-refractivity contribution is 6.31. The van der Waals surface area contributed by atoms with E-state index in [-0.39, 0.29) is 0 Å². The van der Waals surface area contributed by atoms with Gasteiger partial charge in [0.15, 0.2) is 0 Å². The first-order chi connectivity index (χ1) is 9.18. The van der Waals surface area contributed by atoms with Gasteiger partial charge >= 0.3 is 0 Å². The van der Waals surface area contributed by atoms with Crippen LogP contribution in [0.1, 0.15) is 44.2 Å². The first-order valence-electron chi connectivity index (χ1n) is 7.36. The summed E-state index contributed by atoms with van der Waals surface area (Å²) in [6.45, 7) is 4.54. The topological polar surface area (TPSA) is 15.3 Å². The molecule has 1 N–H and O–H groups in total. The molecule has 2 rings (SSSR count). The molecule has 106 valence electrons. The average molecular weight is 281 g/mol. The number of piperidine rings is 1. The highest BCUT2D eigenvalue weighted by Crippen LogP contribution is 2.26. The predicted octanol–water partition coefficient (Wildman–Crippen LogP) is 3.87. The highest BCUT2D eigenvalue weighted by Gasteiger charge is 2.17. The van der Waals surface area contributed by atoms with Gasteiger partial charge in [0.05, 0.1) is 0 Å². The Morgan fingerprint density at radius 3 is 2.84 bits per heavy atom. The average Bonchev–Trinajstić information content (AvgIpc) is 2.45. The lowest BCUT2D eigenvalue weighted by molar-refractivity contribution is 0.236. The minimum Gasteiger partial charge on any atom is -0.314 e. The molecule has 1 aromatic carbocycles. The number of nitrogens with zero attached hydrogens (tertiary/aromatic N) is 1. The summed E-state index contributed by atoms with van der Waals surface area (Å²) in [4.78, 5) is 2.40. The summed E-state index contributed by atoms with van der Waals surface area (Å²) in [5, 5.41) is 4.48. The summed E-state index contributed by atoms with van der Waals surface area (Å²) in [5.41, 5.74) is 1.23. The Labute approximate surface area is 122 Å². The quantitative estimate of drug-likeness (QED) is 0.881. The maximum absolute atomic E-state index is 6.27. The molecule has 0 aromatic heterocycles. The monoisotopic (exact) mass is 280 g/mol. The predicted molar refractivity (Wildman–Crippen MR) is 82.8 cm³/mol. The molecular formula is C16H25ClN2. The number of benzene rings is 1. The van der Waals surface area contributed by atoms with Crippen LogP contribution in [0.15, 0.2) is 24.3 Å². The van der Waals surface area contributed by atoms with Crippen LogP contribution < -0.4 is 5.32 Å². The van der Waals surface area contributed by atoms with Crippen LogP contribution >= 0.6 is 11.6 Å². The smallest absolute Gasteiger partial charge is 0.0453 e. The van der Waals surface area contributed by atoms with Crippen molar-refractivity contribution < 1.29 is 0 Å². The van der Waals surface area contributed by atoms with Crippen LogP contribution in [0.25, 0.3) is 0 Å². The molecule has 19 heavy (non-hydrogen) atoms. The molecule has 0 spiro atoms. The van der Waals surface area contributed by atoms with Gasteiger partial charge in [-0.05, 0) is 58.0 Å². The minimum absolute atomic E-state index is 0.372. The maximum Gasteiger partial charge on any atom is 0.0453 e. The second-order valence-electron chi connectivity index (χ2n) is 5.61. The lowest BCUT2D eigenvalue weighted by Gasteiger charge is -2.29. The molecule has 1 fully saturated rings. The van der Waals surface area contributed by atoms with Crippen molar-refractivity contribution >= 4 is 11.6 Å². The number of rotatable bonds is 5. The molecule has 0 bridgehead atoms. The molecule has 0 amide bonds. The lowest BCUT2D eigenvalue weighted by atomic mass is 10.0. The first-order valence-corrected chi connectivity index (χ1v) is 7.74. The van der Waals surface area contributed by atoms with Gasteiger partial charge in [0.25, 0.3) is 0 Å². The Morgan fingerprint density at radius 1 is 1.37 bits per heavy atom. The van der Waals surface area contributed by atoms with Gasteiger partial charge in [-0.25, -0.2) is 0 Å². The molecule has 1 aromatic rings. The standard InChI is InChI=1S/C16H25ClN2/c1-13(15-8-3-4-9-16(15)17)19(2)12-10-14-7-5-6-11-18-14/h3-4,8-9,13-14,18H,5-7,10-12H2,1-2H3. The van der Waals surface area contributed by atoms with Crippen LogP contribution in [0.3, 0.4) is 0 Å². The van der Waals surface area contributed by atoms with Gasteiger partial charge in [-0.15, -0.1) is 0 Å². The Kier molecular flexibility index (Phi) is 5.68. The van der Waals surface area contributed by atoms with Crippen molar-refractivity contribution in [1.82, 2.24) is 10.2 Å². The van der Waals surface area contributed by atoms with Crippen molar-refractivity contribution in [3.8, 4) is 0 Å². The molecule has 2 nitrogen and oxygen atoms in total. The van der Waals surface area contributed by atoms with E-state index in [4.69, 9.17) is 11.6 Å². The zero-order valence-electron chi connectivity index (χ0n) is 12.0. The SMILES string of the molecule is CC(c1ccccc1Cl)N(C)CCC1CCCCN1. The second-order valence-corrected chi connectivity index (χ2v) is 6.02. The fourth-order valence-corrected chi connectivity index (χ4v) is 3.07. The molecule has 1 aliphatic rings. The Morgan fingerprint density at radius 2 is 2.16 bits per heavy atom. The van der Waals surface area contributed by atoms with Crippen LogP contribution in [0.2, 0.25) is 5.02 Å². The molecule has 0 saturated carbocycles. The molecular weight excluding hydrogens is 256 g/mol. The largest absolute Gasteiger partial charge is 0.314 e. The van der Waals surface area contributed by atoms with E-state index in [0.29, 0.717) is 12.1 Å². The van der Waals surface area contributed by atoms with E-state index in [1.165, 1.54) is 37.8 Å². The van der Waals surface area contributed by atoms with Gasteiger partial charge in [0.2, 0.25) is 0 Å². The molecule has 0 radical (unpaired) electrons. The van der Waals surface area contributed by atoms with Gasteiger partial charge in [0, 0.05) is 17.1 Å².